The van der Waals surface area contributed by atoms with Gasteiger partial charge in [0.1, 0.15) is 0 Å². The third kappa shape index (κ3) is 4.30. The van der Waals surface area contributed by atoms with Gasteiger partial charge in [0.15, 0.2) is 5.96 Å². The predicted octanol–water partition coefficient (Wildman–Crippen LogP) is 1.15. The third-order valence-electron chi connectivity index (χ3n) is 2.37. The summed E-state index contributed by atoms with van der Waals surface area (Å²) in [6, 6.07) is 0.241. The molecule has 0 aromatic carbocycles. The number of nitrogens with zero attached hydrogens (tertiary/aromatic N) is 2. The molecule has 6 heteroatoms. The SMILES string of the molecule is CC(C)C(C)N(C(=N)N=C(N)N)S(C)(C)C. The molecule has 0 fully saturated rings. The van der Waals surface area contributed by atoms with Crippen molar-refractivity contribution in [2.75, 3.05) is 18.8 Å². The van der Waals surface area contributed by atoms with Gasteiger partial charge in [0.05, 0.1) is 0 Å². The second-order valence-corrected chi connectivity index (χ2v) is 8.88. The van der Waals surface area contributed by atoms with Crippen LogP contribution in [0.2, 0.25) is 0 Å². The van der Waals surface area contributed by atoms with E-state index in [9.17, 15) is 0 Å². The van der Waals surface area contributed by atoms with Gasteiger partial charge in [-0.15, -0.1) is 0 Å². The molecule has 0 aliphatic heterocycles. The molecule has 1 unspecified atom stereocenters. The van der Waals surface area contributed by atoms with Crippen molar-refractivity contribution in [1.82, 2.24) is 4.31 Å². The minimum Gasteiger partial charge on any atom is -0.370 e. The summed E-state index contributed by atoms with van der Waals surface area (Å²) in [6.45, 7) is 6.36. The average Bonchev–Trinajstić information content (AvgIpc) is 1.98. The molecular weight excluding hydrogens is 222 g/mol. The van der Waals surface area contributed by atoms with Crippen LogP contribution in [0.25, 0.3) is 0 Å². The van der Waals surface area contributed by atoms with Crippen LogP contribution in [-0.2, 0) is 0 Å². The Balaban J connectivity index is 5.12. The number of hydrogen-bond donors (Lipinski definition) is 3. The lowest BCUT2D eigenvalue weighted by molar-refractivity contribution is 0.382. The summed E-state index contributed by atoms with van der Waals surface area (Å²) < 4.78 is 2.01. The van der Waals surface area contributed by atoms with Crippen LogP contribution in [0.5, 0.6) is 0 Å². The van der Waals surface area contributed by atoms with Gasteiger partial charge in [-0.1, -0.05) is 13.8 Å². The fraction of sp³-hybridized carbons (Fsp3) is 0.800. The van der Waals surface area contributed by atoms with Gasteiger partial charge in [0.2, 0.25) is 5.96 Å². The van der Waals surface area contributed by atoms with Gasteiger partial charge < -0.3 is 15.8 Å². The number of aliphatic imine (C=N–C) groups is 1. The van der Waals surface area contributed by atoms with Crippen LogP contribution in [0.1, 0.15) is 20.8 Å². The second kappa shape index (κ2) is 5.43. The summed E-state index contributed by atoms with van der Waals surface area (Å²) in [6.07, 6.45) is 6.38. The first-order valence-electron chi connectivity index (χ1n) is 5.23. The Labute approximate surface area is 100 Å². The van der Waals surface area contributed by atoms with E-state index in [2.05, 4.69) is 44.5 Å². The van der Waals surface area contributed by atoms with Crippen molar-refractivity contribution in [1.29, 1.82) is 5.41 Å². The lowest BCUT2D eigenvalue weighted by atomic mass is 10.1. The van der Waals surface area contributed by atoms with Crippen LogP contribution >= 0.6 is 10.2 Å². The van der Waals surface area contributed by atoms with Crippen molar-refractivity contribution < 1.29 is 0 Å². The molecule has 0 saturated heterocycles. The van der Waals surface area contributed by atoms with Gasteiger partial charge in [-0.3, -0.25) is 5.41 Å². The smallest absolute Gasteiger partial charge is 0.230 e. The van der Waals surface area contributed by atoms with Gasteiger partial charge in [0.25, 0.3) is 0 Å². The van der Waals surface area contributed by atoms with E-state index in [0.29, 0.717) is 5.92 Å². The zero-order valence-electron chi connectivity index (χ0n) is 11.1. The highest BCUT2D eigenvalue weighted by molar-refractivity contribution is 8.30. The summed E-state index contributed by atoms with van der Waals surface area (Å²) in [5.41, 5.74) is 10.6. The number of hydrogen-bond acceptors (Lipinski definition) is 1. The molecular formula is C10H25N5S. The average molecular weight is 247 g/mol. The number of nitrogens with one attached hydrogen (secondary N) is 1. The van der Waals surface area contributed by atoms with Crippen molar-refractivity contribution in [3.8, 4) is 0 Å². The topological polar surface area (TPSA) is 91.5 Å². The summed E-state index contributed by atoms with van der Waals surface area (Å²) in [5, 5.41) is 7.95. The molecule has 5 nitrogen and oxygen atoms in total. The van der Waals surface area contributed by atoms with E-state index in [1.807, 2.05) is 4.31 Å². The molecule has 0 saturated carbocycles. The maximum absolute atomic E-state index is 7.95. The van der Waals surface area contributed by atoms with Crippen molar-refractivity contribution in [3.63, 3.8) is 0 Å². The molecule has 0 radical (unpaired) electrons. The van der Waals surface area contributed by atoms with Gasteiger partial charge in [-0.2, -0.15) is 15.2 Å². The molecule has 0 heterocycles. The van der Waals surface area contributed by atoms with Gasteiger partial charge in [-0.05, 0) is 31.6 Å². The Hall–Kier alpha value is -0.910. The van der Waals surface area contributed by atoms with E-state index in [4.69, 9.17) is 16.9 Å². The number of guanidine groups is 2. The highest BCUT2D eigenvalue weighted by Gasteiger charge is 2.27. The maximum Gasteiger partial charge on any atom is 0.230 e. The van der Waals surface area contributed by atoms with Crippen LogP contribution in [0, 0.1) is 11.3 Å². The van der Waals surface area contributed by atoms with Crippen LogP contribution in [-0.4, -0.2) is 41.0 Å². The standard InChI is InChI=1S/C10H25N5S/c1-7(2)8(3)15(16(4,5)6)10(13)14-9(11)12/h7-8H,1-6H3,(H5,11,12,13,14). The number of rotatable bonds is 3. The Morgan fingerprint density at radius 3 is 1.88 bits per heavy atom. The van der Waals surface area contributed by atoms with Crippen molar-refractivity contribution >= 4 is 22.1 Å². The minimum atomic E-state index is -1.06. The van der Waals surface area contributed by atoms with Crippen LogP contribution in [0.15, 0.2) is 4.99 Å². The van der Waals surface area contributed by atoms with E-state index in [0.717, 1.165) is 0 Å². The maximum atomic E-state index is 7.95. The summed E-state index contributed by atoms with van der Waals surface area (Å²) in [7, 11) is -1.06. The molecule has 0 rings (SSSR count). The summed E-state index contributed by atoms with van der Waals surface area (Å²) in [4.78, 5) is 3.85. The molecule has 5 N–H and O–H groups in total. The first-order valence-corrected chi connectivity index (χ1v) is 8.04. The van der Waals surface area contributed by atoms with E-state index >= 15 is 0 Å². The van der Waals surface area contributed by atoms with Crippen LogP contribution in [0.3, 0.4) is 0 Å². The van der Waals surface area contributed by atoms with E-state index in [1.54, 1.807) is 0 Å². The Morgan fingerprint density at radius 1 is 1.19 bits per heavy atom. The van der Waals surface area contributed by atoms with Gasteiger partial charge in [-0.25, -0.2) is 0 Å². The van der Waals surface area contributed by atoms with Crippen molar-refractivity contribution in [2.24, 2.45) is 22.4 Å². The molecule has 0 aromatic heterocycles. The quantitative estimate of drug-likeness (QED) is 0.516. The summed E-state index contributed by atoms with van der Waals surface area (Å²) >= 11 is 0. The van der Waals surface area contributed by atoms with E-state index < -0.39 is 10.2 Å². The zero-order valence-corrected chi connectivity index (χ0v) is 11.9. The highest BCUT2D eigenvalue weighted by atomic mass is 32.3. The zero-order chi connectivity index (χ0) is 13.1. The molecule has 96 valence electrons. The molecule has 0 aromatic rings. The van der Waals surface area contributed by atoms with Gasteiger partial charge in [0, 0.05) is 6.04 Å². The first-order chi connectivity index (χ1) is 7.07. The lowest BCUT2D eigenvalue weighted by Crippen LogP contribution is -2.42. The van der Waals surface area contributed by atoms with E-state index in [-0.39, 0.29) is 18.0 Å². The minimum absolute atomic E-state index is 0.0605. The molecule has 0 aliphatic carbocycles. The monoisotopic (exact) mass is 247 g/mol. The van der Waals surface area contributed by atoms with Crippen LogP contribution < -0.4 is 11.5 Å². The molecule has 0 aliphatic rings. The molecule has 16 heavy (non-hydrogen) atoms. The van der Waals surface area contributed by atoms with Crippen LogP contribution in [0.4, 0.5) is 0 Å². The first kappa shape index (κ1) is 15.1. The molecule has 0 spiro atoms. The Morgan fingerprint density at radius 2 is 1.62 bits per heavy atom. The normalized spacial score (nSPS) is 14.4. The second-order valence-electron chi connectivity index (χ2n) is 4.94. The third-order valence-corrected chi connectivity index (χ3v) is 4.05. The fourth-order valence-electron chi connectivity index (χ4n) is 1.39. The van der Waals surface area contributed by atoms with Crippen molar-refractivity contribution in [2.45, 2.75) is 26.8 Å². The Kier molecular flexibility index (Phi) is 5.12. The lowest BCUT2D eigenvalue weighted by Gasteiger charge is -2.45. The number of nitrogens with two attached hydrogens (primary N) is 2. The Bertz CT molecular complexity index is 275. The summed E-state index contributed by atoms with van der Waals surface area (Å²) in [5.74, 6) is 0.541. The largest absolute Gasteiger partial charge is 0.370 e. The molecule has 1 atom stereocenters. The van der Waals surface area contributed by atoms with E-state index in [1.165, 1.54) is 0 Å². The van der Waals surface area contributed by atoms with Gasteiger partial charge >= 0.3 is 0 Å². The molecule has 0 bridgehead atoms. The highest BCUT2D eigenvalue weighted by Crippen LogP contribution is 2.43. The van der Waals surface area contributed by atoms with Crippen molar-refractivity contribution in [3.05, 3.63) is 0 Å². The molecule has 0 amide bonds. The fourth-order valence-corrected chi connectivity index (χ4v) is 3.19. The predicted molar refractivity (Wildman–Crippen MR) is 75.0 cm³/mol.